The van der Waals surface area contributed by atoms with Gasteiger partial charge in [0.15, 0.2) is 18.3 Å². The molecule has 9 nitrogen and oxygen atoms in total. The van der Waals surface area contributed by atoms with E-state index in [0.29, 0.717) is 24.2 Å². The molecule has 2 aliphatic rings. The van der Waals surface area contributed by atoms with E-state index in [1.807, 2.05) is 18.2 Å². The highest BCUT2D eigenvalue weighted by molar-refractivity contribution is 5.80. The maximum absolute atomic E-state index is 12.0. The van der Waals surface area contributed by atoms with Crippen molar-refractivity contribution in [2.75, 3.05) is 7.11 Å². The van der Waals surface area contributed by atoms with Gasteiger partial charge in [-0.1, -0.05) is 12.1 Å². The molecular weight excluding hydrogens is 444 g/mol. The molecule has 1 aliphatic carbocycles. The maximum Gasteiger partial charge on any atom is 0.303 e. The first-order valence-electron chi connectivity index (χ1n) is 11.5. The number of Topliss-reactive ketones (excluding diaryl/α,β-unsaturated/α-hetero) is 1. The number of benzene rings is 1. The van der Waals surface area contributed by atoms with E-state index in [2.05, 4.69) is 0 Å². The molecule has 1 aliphatic heterocycles. The third kappa shape index (κ3) is 5.94. The number of ether oxygens (including phenoxy) is 5. The van der Waals surface area contributed by atoms with Crippen molar-refractivity contribution in [3.8, 4) is 5.75 Å². The fourth-order valence-electron chi connectivity index (χ4n) is 4.79. The minimum absolute atomic E-state index is 0.113. The van der Waals surface area contributed by atoms with E-state index in [9.17, 15) is 19.2 Å². The highest BCUT2D eigenvalue weighted by Gasteiger charge is 2.51. The number of carbonyl (C=O) groups excluding carboxylic acids is 4. The third-order valence-electron chi connectivity index (χ3n) is 6.19. The smallest absolute Gasteiger partial charge is 0.303 e. The van der Waals surface area contributed by atoms with Crippen LogP contribution >= 0.6 is 0 Å². The highest BCUT2D eigenvalue weighted by atomic mass is 16.6. The Morgan fingerprint density at radius 3 is 2.15 bits per heavy atom. The van der Waals surface area contributed by atoms with Crippen molar-refractivity contribution in [3.63, 3.8) is 0 Å². The van der Waals surface area contributed by atoms with E-state index in [1.54, 1.807) is 6.92 Å². The van der Waals surface area contributed by atoms with Gasteiger partial charge in [0.25, 0.3) is 0 Å². The Morgan fingerprint density at radius 2 is 1.56 bits per heavy atom. The van der Waals surface area contributed by atoms with Gasteiger partial charge >= 0.3 is 17.9 Å². The first-order chi connectivity index (χ1) is 16.1. The lowest BCUT2D eigenvalue weighted by molar-refractivity contribution is -0.245. The number of carbonyl (C=O) groups is 4. The second-order valence-electron chi connectivity index (χ2n) is 8.82. The van der Waals surface area contributed by atoms with Crippen LogP contribution in [0.4, 0.5) is 0 Å². The van der Waals surface area contributed by atoms with Crippen molar-refractivity contribution in [1.82, 2.24) is 0 Å². The maximum atomic E-state index is 12.0. The molecule has 3 rings (SSSR count). The Kier molecular flexibility index (Phi) is 8.30. The summed E-state index contributed by atoms with van der Waals surface area (Å²) in [6, 6.07) is 5.60. The Hall–Kier alpha value is -2.94. The van der Waals surface area contributed by atoms with Crippen LogP contribution < -0.4 is 4.74 Å². The second kappa shape index (κ2) is 11.0. The molecule has 0 aromatic heterocycles. The van der Waals surface area contributed by atoms with Crippen LogP contribution in [-0.4, -0.2) is 55.2 Å². The van der Waals surface area contributed by atoms with Crippen LogP contribution in [0.1, 0.15) is 76.5 Å². The standard InChI is InChI=1S/C25H32O9/c1-13-22(32-14(2)26)24(33-15(3)27)25(34-16(4)28)23(31-13)20-10-9-18(12-21(20)30-5)17-7-6-8-19(29)11-17/h9-10,12-13,17,22-25H,6-8,11H2,1-5H3/t13-,17?,22+,23+,24+,25+/m0/s1. The quantitative estimate of drug-likeness (QED) is 0.451. The SMILES string of the molecule is COc1cc(C2CCCC(=O)C2)ccc1[C@H]1O[C@@H](C)[C@@H](OC(C)=O)[C@@H](OC(C)=O)[C@@H]1OC(C)=O. The van der Waals surface area contributed by atoms with Crippen LogP contribution in [0.15, 0.2) is 18.2 Å². The van der Waals surface area contributed by atoms with Crippen molar-refractivity contribution in [3.05, 3.63) is 29.3 Å². The van der Waals surface area contributed by atoms with Gasteiger partial charge in [0.2, 0.25) is 0 Å². The summed E-state index contributed by atoms with van der Waals surface area (Å²) in [7, 11) is 1.52. The summed E-state index contributed by atoms with van der Waals surface area (Å²) in [5, 5.41) is 0. The number of hydrogen-bond donors (Lipinski definition) is 0. The topological polar surface area (TPSA) is 114 Å². The number of ketones is 1. The molecule has 9 heteroatoms. The van der Waals surface area contributed by atoms with Crippen LogP contribution in [0.2, 0.25) is 0 Å². The molecule has 0 bridgehead atoms. The molecule has 2 fully saturated rings. The molecule has 1 aromatic carbocycles. The van der Waals surface area contributed by atoms with Crippen molar-refractivity contribution < 1.29 is 42.9 Å². The van der Waals surface area contributed by atoms with Crippen LogP contribution in [-0.2, 0) is 38.1 Å². The molecule has 0 spiro atoms. The van der Waals surface area contributed by atoms with Gasteiger partial charge in [-0.05, 0) is 37.3 Å². The van der Waals surface area contributed by atoms with Gasteiger partial charge in [0, 0.05) is 39.2 Å². The summed E-state index contributed by atoms with van der Waals surface area (Å²) in [5.41, 5.74) is 1.57. The zero-order valence-corrected chi connectivity index (χ0v) is 20.2. The minimum Gasteiger partial charge on any atom is -0.496 e. The predicted octanol–water partition coefficient (Wildman–Crippen LogP) is 3.18. The molecular formula is C25H32O9. The molecule has 1 unspecified atom stereocenters. The molecule has 34 heavy (non-hydrogen) atoms. The molecule has 1 saturated carbocycles. The second-order valence-corrected chi connectivity index (χ2v) is 8.82. The fourth-order valence-corrected chi connectivity index (χ4v) is 4.79. The summed E-state index contributed by atoms with van der Waals surface area (Å²) in [6.45, 7) is 5.39. The van der Waals surface area contributed by atoms with Gasteiger partial charge in [-0.3, -0.25) is 19.2 Å². The Labute approximate surface area is 199 Å². The van der Waals surface area contributed by atoms with Crippen LogP contribution in [0.25, 0.3) is 0 Å². The molecule has 1 saturated heterocycles. The van der Waals surface area contributed by atoms with Gasteiger partial charge in [0.05, 0.1) is 13.2 Å². The molecule has 1 aromatic rings. The number of rotatable bonds is 6. The summed E-state index contributed by atoms with van der Waals surface area (Å²) in [5.74, 6) is -0.945. The van der Waals surface area contributed by atoms with Crippen LogP contribution in [0.5, 0.6) is 5.75 Å². The van der Waals surface area contributed by atoms with Crippen molar-refractivity contribution in [1.29, 1.82) is 0 Å². The van der Waals surface area contributed by atoms with Gasteiger partial charge < -0.3 is 23.7 Å². The average Bonchev–Trinajstić information content (AvgIpc) is 2.76. The molecule has 0 amide bonds. The van der Waals surface area contributed by atoms with E-state index < -0.39 is 48.4 Å². The van der Waals surface area contributed by atoms with Gasteiger partial charge in [-0.25, -0.2) is 0 Å². The number of methoxy groups -OCH3 is 1. The summed E-state index contributed by atoms with van der Waals surface area (Å²) in [4.78, 5) is 47.5. The fraction of sp³-hybridized carbons (Fsp3) is 0.600. The van der Waals surface area contributed by atoms with E-state index in [1.165, 1.54) is 27.9 Å². The summed E-state index contributed by atoms with van der Waals surface area (Å²) < 4.78 is 28.3. The van der Waals surface area contributed by atoms with Crippen LogP contribution in [0.3, 0.4) is 0 Å². The number of esters is 3. The first kappa shape index (κ1) is 25.7. The van der Waals surface area contributed by atoms with Crippen molar-refractivity contribution in [2.45, 2.75) is 89.8 Å². The third-order valence-corrected chi connectivity index (χ3v) is 6.19. The molecule has 1 heterocycles. The predicted molar refractivity (Wildman–Crippen MR) is 119 cm³/mol. The lowest BCUT2D eigenvalue weighted by Gasteiger charge is -2.44. The lowest BCUT2D eigenvalue weighted by atomic mass is 9.82. The van der Waals surface area contributed by atoms with Gasteiger partial charge in [-0.2, -0.15) is 0 Å². The van der Waals surface area contributed by atoms with Gasteiger partial charge in [0.1, 0.15) is 17.6 Å². The Balaban J connectivity index is 2.01. The Morgan fingerprint density at radius 1 is 0.941 bits per heavy atom. The summed E-state index contributed by atoms with van der Waals surface area (Å²) >= 11 is 0. The van der Waals surface area contributed by atoms with Crippen molar-refractivity contribution in [2.24, 2.45) is 0 Å². The molecule has 0 radical (unpaired) electrons. The zero-order chi connectivity index (χ0) is 25.0. The van der Waals surface area contributed by atoms with Crippen LogP contribution in [0, 0.1) is 0 Å². The normalized spacial score (nSPS) is 29.1. The molecule has 6 atom stereocenters. The highest BCUT2D eigenvalue weighted by Crippen LogP contribution is 2.42. The molecule has 0 N–H and O–H groups in total. The monoisotopic (exact) mass is 476 g/mol. The first-order valence-corrected chi connectivity index (χ1v) is 11.5. The summed E-state index contributed by atoms with van der Waals surface area (Å²) in [6.07, 6.45) is -1.79. The zero-order valence-electron chi connectivity index (χ0n) is 20.2. The average molecular weight is 477 g/mol. The van der Waals surface area contributed by atoms with E-state index in [-0.39, 0.29) is 11.7 Å². The van der Waals surface area contributed by atoms with E-state index in [4.69, 9.17) is 23.7 Å². The Bertz CT molecular complexity index is 940. The van der Waals surface area contributed by atoms with E-state index >= 15 is 0 Å². The van der Waals surface area contributed by atoms with Gasteiger partial charge in [-0.15, -0.1) is 0 Å². The largest absolute Gasteiger partial charge is 0.496 e. The number of hydrogen-bond acceptors (Lipinski definition) is 9. The minimum atomic E-state index is -1.09. The van der Waals surface area contributed by atoms with E-state index in [0.717, 1.165) is 18.4 Å². The molecule has 186 valence electrons. The lowest BCUT2D eigenvalue weighted by Crippen LogP contribution is -2.57. The van der Waals surface area contributed by atoms with Crippen molar-refractivity contribution >= 4 is 23.7 Å².